The molecule has 1 fully saturated rings. The molecule has 2 nitrogen and oxygen atoms in total. The number of nitrogens with zero attached hydrogens (tertiary/aromatic N) is 1. The fourth-order valence-electron chi connectivity index (χ4n) is 2.55. The lowest BCUT2D eigenvalue weighted by Crippen LogP contribution is -2.28. The minimum Gasteiger partial charge on any atom is -0.295 e. The average molecular weight is 355 g/mol. The Morgan fingerprint density at radius 3 is 2.58 bits per heavy atom. The molecule has 0 spiro atoms. The molecule has 7 heteroatoms. The van der Waals surface area contributed by atoms with E-state index in [0.717, 1.165) is 12.1 Å². The molecule has 1 amide bonds. The van der Waals surface area contributed by atoms with Crippen LogP contribution in [0.25, 0.3) is 0 Å². The van der Waals surface area contributed by atoms with Gasteiger partial charge in [-0.25, -0.2) is 4.39 Å². The van der Waals surface area contributed by atoms with Gasteiger partial charge in [0, 0.05) is 5.69 Å². The molecule has 1 unspecified atom stereocenters. The molecule has 1 saturated heterocycles. The zero-order valence-electron chi connectivity index (χ0n) is 12.6. The van der Waals surface area contributed by atoms with Crippen molar-refractivity contribution in [2.75, 3.05) is 10.7 Å². The van der Waals surface area contributed by atoms with Crippen molar-refractivity contribution in [2.45, 2.75) is 18.5 Å². The predicted molar refractivity (Wildman–Crippen MR) is 85.3 cm³/mol. The van der Waals surface area contributed by atoms with Crippen molar-refractivity contribution in [3.63, 3.8) is 0 Å². The molecule has 1 atom stereocenters. The third kappa shape index (κ3) is 3.13. The average Bonchev–Trinajstić information content (AvgIpc) is 2.91. The van der Waals surface area contributed by atoms with Gasteiger partial charge in [-0.15, -0.1) is 11.8 Å². The first kappa shape index (κ1) is 16.8. The van der Waals surface area contributed by atoms with Gasteiger partial charge in [0.15, 0.2) is 0 Å². The molecule has 0 bridgehead atoms. The number of thioether (sulfide) groups is 1. The van der Waals surface area contributed by atoms with E-state index in [1.807, 2.05) is 0 Å². The summed E-state index contributed by atoms with van der Waals surface area (Å²) in [5, 5.41) is -0.609. The summed E-state index contributed by atoms with van der Waals surface area (Å²) in [6.07, 6.45) is -4.45. The van der Waals surface area contributed by atoms with Crippen molar-refractivity contribution in [3.05, 3.63) is 65.0 Å². The first-order valence-electron chi connectivity index (χ1n) is 7.14. The highest BCUT2D eigenvalue weighted by Gasteiger charge is 2.36. The van der Waals surface area contributed by atoms with Gasteiger partial charge in [-0.3, -0.25) is 9.69 Å². The number of carbonyl (C=O) groups excluding carboxylic acids is 1. The molecule has 0 N–H and O–H groups in total. The summed E-state index contributed by atoms with van der Waals surface area (Å²) in [7, 11) is 0. The summed E-state index contributed by atoms with van der Waals surface area (Å²) in [5.74, 6) is -0.582. The molecular weight excluding hydrogens is 342 g/mol. The number of carbonyl (C=O) groups is 1. The Labute approximate surface area is 140 Å². The van der Waals surface area contributed by atoms with Gasteiger partial charge >= 0.3 is 6.18 Å². The van der Waals surface area contributed by atoms with Crippen LogP contribution in [0.4, 0.5) is 23.2 Å². The monoisotopic (exact) mass is 355 g/mol. The van der Waals surface area contributed by atoms with E-state index >= 15 is 0 Å². The van der Waals surface area contributed by atoms with Crippen LogP contribution in [0, 0.1) is 12.7 Å². The fraction of sp³-hybridized carbons (Fsp3) is 0.235. The molecule has 1 heterocycles. The topological polar surface area (TPSA) is 20.3 Å². The van der Waals surface area contributed by atoms with Gasteiger partial charge in [0.2, 0.25) is 5.91 Å². The molecule has 2 aromatic carbocycles. The summed E-state index contributed by atoms with van der Waals surface area (Å²) >= 11 is 1.22. The molecule has 24 heavy (non-hydrogen) atoms. The smallest absolute Gasteiger partial charge is 0.295 e. The van der Waals surface area contributed by atoms with Crippen LogP contribution in [0.2, 0.25) is 0 Å². The Morgan fingerprint density at radius 1 is 1.17 bits per heavy atom. The van der Waals surface area contributed by atoms with Gasteiger partial charge in [0.05, 0.1) is 11.3 Å². The number of amides is 1. The number of hydrogen-bond donors (Lipinski definition) is 0. The Hall–Kier alpha value is -2.02. The molecule has 3 rings (SSSR count). The largest absolute Gasteiger partial charge is 0.416 e. The lowest BCUT2D eigenvalue weighted by Gasteiger charge is -2.25. The predicted octanol–water partition coefficient (Wildman–Crippen LogP) is 4.93. The summed E-state index contributed by atoms with van der Waals surface area (Å²) in [5.41, 5.74) is 0.376. The van der Waals surface area contributed by atoms with Crippen LogP contribution in [0.3, 0.4) is 0 Å². The van der Waals surface area contributed by atoms with E-state index in [1.54, 1.807) is 25.1 Å². The third-order valence-corrected chi connectivity index (χ3v) is 5.01. The minimum atomic E-state index is -4.45. The summed E-state index contributed by atoms with van der Waals surface area (Å²) in [6.45, 7) is 1.60. The van der Waals surface area contributed by atoms with Gasteiger partial charge in [0.25, 0.3) is 0 Å². The lowest BCUT2D eigenvalue weighted by molar-refractivity contribution is -0.137. The van der Waals surface area contributed by atoms with Gasteiger partial charge in [-0.2, -0.15) is 13.2 Å². The molecule has 1 aliphatic heterocycles. The van der Waals surface area contributed by atoms with Crippen LogP contribution in [-0.4, -0.2) is 11.7 Å². The van der Waals surface area contributed by atoms with Gasteiger partial charge in [-0.1, -0.05) is 18.2 Å². The van der Waals surface area contributed by atoms with E-state index in [0.29, 0.717) is 16.8 Å². The highest BCUT2D eigenvalue weighted by molar-refractivity contribution is 8.00. The molecule has 0 aliphatic carbocycles. The first-order valence-corrected chi connectivity index (χ1v) is 8.19. The Bertz CT molecular complexity index is 790. The Morgan fingerprint density at radius 2 is 1.92 bits per heavy atom. The second kappa shape index (κ2) is 6.12. The van der Waals surface area contributed by atoms with E-state index < -0.39 is 22.9 Å². The van der Waals surface area contributed by atoms with Crippen LogP contribution in [-0.2, 0) is 11.0 Å². The molecule has 0 radical (unpaired) electrons. The zero-order chi connectivity index (χ0) is 17.5. The van der Waals surface area contributed by atoms with E-state index in [4.69, 9.17) is 0 Å². The SMILES string of the molecule is Cc1ccc(N2C(=O)CSC2c2cccc(C(F)(F)F)c2)cc1F. The number of alkyl halides is 3. The number of anilines is 1. The van der Waals surface area contributed by atoms with E-state index in [9.17, 15) is 22.4 Å². The zero-order valence-corrected chi connectivity index (χ0v) is 13.4. The van der Waals surface area contributed by atoms with Crippen molar-refractivity contribution in [1.82, 2.24) is 0 Å². The van der Waals surface area contributed by atoms with Gasteiger partial charge < -0.3 is 0 Å². The molecule has 126 valence electrons. The molecular formula is C17H13F4NOS. The molecule has 1 aliphatic rings. The summed E-state index contributed by atoms with van der Waals surface area (Å²) in [4.78, 5) is 13.5. The summed E-state index contributed by atoms with van der Waals surface area (Å²) in [6, 6.07) is 9.26. The van der Waals surface area contributed by atoms with Crippen LogP contribution >= 0.6 is 11.8 Å². The molecule has 2 aromatic rings. The van der Waals surface area contributed by atoms with Crippen LogP contribution < -0.4 is 4.90 Å². The third-order valence-electron chi connectivity index (χ3n) is 3.80. The fourth-order valence-corrected chi connectivity index (χ4v) is 3.72. The summed E-state index contributed by atoms with van der Waals surface area (Å²) < 4.78 is 52.6. The van der Waals surface area contributed by atoms with E-state index in [-0.39, 0.29) is 11.7 Å². The van der Waals surface area contributed by atoms with Crippen LogP contribution in [0.15, 0.2) is 42.5 Å². The molecule has 0 saturated carbocycles. The number of aryl methyl sites for hydroxylation is 1. The van der Waals surface area contributed by atoms with Crippen molar-refractivity contribution in [3.8, 4) is 0 Å². The normalized spacial score (nSPS) is 18.3. The van der Waals surface area contributed by atoms with Crippen molar-refractivity contribution in [2.24, 2.45) is 0 Å². The van der Waals surface area contributed by atoms with Crippen molar-refractivity contribution >= 4 is 23.4 Å². The second-order valence-corrected chi connectivity index (χ2v) is 6.55. The van der Waals surface area contributed by atoms with Gasteiger partial charge in [0.1, 0.15) is 11.2 Å². The number of halogens is 4. The van der Waals surface area contributed by atoms with Crippen molar-refractivity contribution in [1.29, 1.82) is 0 Å². The van der Waals surface area contributed by atoms with Crippen LogP contribution in [0.1, 0.15) is 22.1 Å². The van der Waals surface area contributed by atoms with Crippen molar-refractivity contribution < 1.29 is 22.4 Å². The van der Waals surface area contributed by atoms with Gasteiger partial charge in [-0.05, 0) is 42.3 Å². The highest BCUT2D eigenvalue weighted by atomic mass is 32.2. The Balaban J connectivity index is 2.01. The number of benzene rings is 2. The van der Waals surface area contributed by atoms with E-state index in [1.165, 1.54) is 28.8 Å². The maximum Gasteiger partial charge on any atom is 0.416 e. The molecule has 0 aromatic heterocycles. The minimum absolute atomic E-state index is 0.135. The second-order valence-electron chi connectivity index (χ2n) is 5.48. The number of rotatable bonds is 2. The quantitative estimate of drug-likeness (QED) is 0.712. The standard InChI is InChI=1S/C17H13F4NOS/c1-10-5-6-13(8-14(10)18)22-15(23)9-24-16(22)11-3-2-4-12(7-11)17(19,20)21/h2-8,16H,9H2,1H3. The Kier molecular flexibility index (Phi) is 4.29. The maximum absolute atomic E-state index is 13.8. The van der Waals surface area contributed by atoms with Crippen LogP contribution in [0.5, 0.6) is 0 Å². The van der Waals surface area contributed by atoms with E-state index in [2.05, 4.69) is 0 Å². The first-order chi connectivity index (χ1) is 11.3. The maximum atomic E-state index is 13.8. The lowest BCUT2D eigenvalue weighted by atomic mass is 10.1. The number of hydrogen-bond acceptors (Lipinski definition) is 2. The highest BCUT2D eigenvalue weighted by Crippen LogP contribution is 2.43.